The summed E-state index contributed by atoms with van der Waals surface area (Å²) in [6, 6.07) is 8.25. The number of nitrogens with zero attached hydrogens (tertiary/aromatic N) is 1. The second-order valence-corrected chi connectivity index (χ2v) is 5.21. The highest BCUT2D eigenvalue weighted by molar-refractivity contribution is 5.83. The Hall–Kier alpha value is -1.81. The number of aromatic nitrogens is 1. The van der Waals surface area contributed by atoms with Gasteiger partial charge in [0.1, 0.15) is 0 Å². The number of rotatable bonds is 4. The molecule has 0 aliphatic carbocycles. The number of likely N-dealkylation sites (tertiary alicyclic amines) is 1. The van der Waals surface area contributed by atoms with Gasteiger partial charge in [-0.05, 0) is 37.4 Å². The van der Waals surface area contributed by atoms with Crippen LogP contribution in [-0.2, 0) is 11.2 Å². The van der Waals surface area contributed by atoms with Crippen molar-refractivity contribution in [1.29, 1.82) is 0 Å². The molecule has 0 saturated carbocycles. The maximum atomic E-state index is 11.4. The normalized spacial score (nSPS) is 20.1. The lowest BCUT2D eigenvalue weighted by Crippen LogP contribution is -2.41. The van der Waals surface area contributed by atoms with Gasteiger partial charge in [0.2, 0.25) is 5.91 Å². The molecule has 4 nitrogen and oxygen atoms in total. The molecule has 1 aliphatic rings. The summed E-state index contributed by atoms with van der Waals surface area (Å²) in [5.74, 6) is -0.184. The van der Waals surface area contributed by atoms with Crippen LogP contribution in [0.3, 0.4) is 0 Å². The van der Waals surface area contributed by atoms with Crippen molar-refractivity contribution < 1.29 is 4.79 Å². The monoisotopic (exact) mass is 257 g/mol. The Morgan fingerprint density at radius 2 is 2.26 bits per heavy atom. The van der Waals surface area contributed by atoms with Crippen molar-refractivity contribution >= 4 is 16.8 Å². The Kier molecular flexibility index (Phi) is 3.25. The first-order chi connectivity index (χ1) is 9.25. The number of benzene rings is 1. The van der Waals surface area contributed by atoms with E-state index in [0.717, 1.165) is 32.4 Å². The molecule has 19 heavy (non-hydrogen) atoms. The predicted octanol–water partition coefficient (Wildman–Crippen LogP) is 1.66. The Morgan fingerprint density at radius 3 is 3.11 bits per heavy atom. The number of hydrogen-bond donors (Lipinski definition) is 2. The van der Waals surface area contributed by atoms with E-state index in [1.54, 1.807) is 0 Å². The standard InChI is InChI=1S/C15H19N3O/c16-15(19)14-6-3-8-18(14)9-7-11-10-17-13-5-2-1-4-12(11)13/h1-2,4-5,10,14,17H,3,6-9H2,(H2,16,19). The Labute approximate surface area is 112 Å². The minimum Gasteiger partial charge on any atom is -0.368 e. The maximum Gasteiger partial charge on any atom is 0.234 e. The first-order valence-corrected chi connectivity index (χ1v) is 6.84. The van der Waals surface area contributed by atoms with E-state index in [4.69, 9.17) is 5.73 Å². The molecule has 0 radical (unpaired) electrons. The van der Waals surface area contributed by atoms with Crippen molar-refractivity contribution in [2.75, 3.05) is 13.1 Å². The third-order valence-corrected chi connectivity index (χ3v) is 4.04. The van der Waals surface area contributed by atoms with Crippen LogP contribution in [0.4, 0.5) is 0 Å². The summed E-state index contributed by atoms with van der Waals surface area (Å²) in [6.07, 6.45) is 5.00. The van der Waals surface area contributed by atoms with E-state index in [-0.39, 0.29) is 11.9 Å². The van der Waals surface area contributed by atoms with Crippen LogP contribution in [0.2, 0.25) is 0 Å². The fourth-order valence-corrected chi connectivity index (χ4v) is 3.02. The van der Waals surface area contributed by atoms with Gasteiger partial charge in [0.15, 0.2) is 0 Å². The molecule has 2 heterocycles. The quantitative estimate of drug-likeness (QED) is 0.875. The van der Waals surface area contributed by atoms with Gasteiger partial charge in [-0.2, -0.15) is 0 Å². The van der Waals surface area contributed by atoms with Gasteiger partial charge in [-0.3, -0.25) is 9.69 Å². The van der Waals surface area contributed by atoms with Crippen LogP contribution in [0.25, 0.3) is 10.9 Å². The number of nitrogens with two attached hydrogens (primary N) is 1. The Balaban J connectivity index is 1.71. The summed E-state index contributed by atoms with van der Waals surface area (Å²) in [6.45, 7) is 1.88. The zero-order chi connectivity index (χ0) is 13.2. The smallest absolute Gasteiger partial charge is 0.234 e. The van der Waals surface area contributed by atoms with E-state index in [1.807, 2.05) is 6.07 Å². The SMILES string of the molecule is NC(=O)C1CCCN1CCc1c[nH]c2ccccc12. The van der Waals surface area contributed by atoms with E-state index in [9.17, 15) is 4.79 Å². The van der Waals surface area contributed by atoms with Crippen molar-refractivity contribution in [3.63, 3.8) is 0 Å². The van der Waals surface area contributed by atoms with Crippen molar-refractivity contribution in [3.05, 3.63) is 36.0 Å². The first-order valence-electron chi connectivity index (χ1n) is 6.84. The summed E-state index contributed by atoms with van der Waals surface area (Å²) >= 11 is 0. The Morgan fingerprint density at radius 1 is 1.42 bits per heavy atom. The molecule has 4 heteroatoms. The minimum absolute atomic E-state index is 0.0646. The minimum atomic E-state index is -0.184. The van der Waals surface area contributed by atoms with Gasteiger partial charge in [0.25, 0.3) is 0 Å². The summed E-state index contributed by atoms with van der Waals surface area (Å²) < 4.78 is 0. The van der Waals surface area contributed by atoms with E-state index < -0.39 is 0 Å². The van der Waals surface area contributed by atoms with Crippen LogP contribution >= 0.6 is 0 Å². The van der Waals surface area contributed by atoms with Crippen LogP contribution in [0.5, 0.6) is 0 Å². The molecule has 1 aromatic carbocycles. The number of amides is 1. The topological polar surface area (TPSA) is 62.1 Å². The number of nitrogens with one attached hydrogen (secondary N) is 1. The number of hydrogen-bond acceptors (Lipinski definition) is 2. The molecule has 1 saturated heterocycles. The Bertz CT molecular complexity index is 590. The molecule has 1 aromatic heterocycles. The molecule has 2 aromatic rings. The lowest BCUT2D eigenvalue weighted by Gasteiger charge is -2.21. The molecule has 100 valence electrons. The largest absolute Gasteiger partial charge is 0.368 e. The van der Waals surface area contributed by atoms with E-state index in [1.165, 1.54) is 16.5 Å². The highest BCUT2D eigenvalue weighted by atomic mass is 16.1. The van der Waals surface area contributed by atoms with E-state index >= 15 is 0 Å². The number of aromatic amines is 1. The van der Waals surface area contributed by atoms with Crippen LogP contribution in [-0.4, -0.2) is 34.9 Å². The molecular formula is C15H19N3O. The summed E-state index contributed by atoms with van der Waals surface area (Å²) in [5.41, 5.74) is 7.92. The summed E-state index contributed by atoms with van der Waals surface area (Å²) in [7, 11) is 0. The average Bonchev–Trinajstić information content (AvgIpc) is 3.03. The van der Waals surface area contributed by atoms with Gasteiger partial charge in [-0.1, -0.05) is 18.2 Å². The second-order valence-electron chi connectivity index (χ2n) is 5.21. The third kappa shape index (κ3) is 2.36. The molecule has 3 N–H and O–H groups in total. The number of fused-ring (bicyclic) bond motifs is 1. The number of primary amides is 1. The van der Waals surface area contributed by atoms with Crippen LogP contribution in [0, 0.1) is 0 Å². The molecule has 0 bridgehead atoms. The molecular weight excluding hydrogens is 238 g/mol. The van der Waals surface area contributed by atoms with Gasteiger partial charge in [0.05, 0.1) is 6.04 Å². The highest BCUT2D eigenvalue weighted by Crippen LogP contribution is 2.21. The van der Waals surface area contributed by atoms with Crippen molar-refractivity contribution in [2.24, 2.45) is 5.73 Å². The van der Waals surface area contributed by atoms with Crippen molar-refractivity contribution in [3.8, 4) is 0 Å². The molecule has 1 fully saturated rings. The van der Waals surface area contributed by atoms with Gasteiger partial charge in [-0.15, -0.1) is 0 Å². The van der Waals surface area contributed by atoms with Crippen molar-refractivity contribution in [2.45, 2.75) is 25.3 Å². The number of carbonyl (C=O) groups is 1. The third-order valence-electron chi connectivity index (χ3n) is 4.04. The zero-order valence-electron chi connectivity index (χ0n) is 10.9. The number of para-hydroxylation sites is 1. The molecule has 0 spiro atoms. The lowest BCUT2D eigenvalue weighted by molar-refractivity contribution is -0.122. The molecule has 1 aliphatic heterocycles. The molecule has 1 amide bonds. The zero-order valence-corrected chi connectivity index (χ0v) is 10.9. The fourth-order valence-electron chi connectivity index (χ4n) is 3.02. The van der Waals surface area contributed by atoms with Crippen LogP contribution < -0.4 is 5.73 Å². The van der Waals surface area contributed by atoms with Crippen LogP contribution in [0.15, 0.2) is 30.5 Å². The van der Waals surface area contributed by atoms with E-state index in [0.29, 0.717) is 0 Å². The summed E-state index contributed by atoms with van der Waals surface area (Å²) in [4.78, 5) is 16.9. The molecule has 1 atom stereocenters. The summed E-state index contributed by atoms with van der Waals surface area (Å²) in [5, 5.41) is 1.28. The van der Waals surface area contributed by atoms with E-state index in [2.05, 4.69) is 34.3 Å². The molecule has 3 rings (SSSR count). The van der Waals surface area contributed by atoms with Gasteiger partial charge in [-0.25, -0.2) is 0 Å². The predicted molar refractivity (Wildman–Crippen MR) is 75.8 cm³/mol. The number of carbonyl (C=O) groups excluding carboxylic acids is 1. The first kappa shape index (κ1) is 12.2. The van der Waals surface area contributed by atoms with Crippen LogP contribution in [0.1, 0.15) is 18.4 Å². The maximum absolute atomic E-state index is 11.4. The lowest BCUT2D eigenvalue weighted by atomic mass is 10.1. The highest BCUT2D eigenvalue weighted by Gasteiger charge is 2.28. The van der Waals surface area contributed by atoms with Crippen molar-refractivity contribution in [1.82, 2.24) is 9.88 Å². The van der Waals surface area contributed by atoms with Gasteiger partial charge >= 0.3 is 0 Å². The second kappa shape index (κ2) is 5.05. The number of H-pyrrole nitrogens is 1. The average molecular weight is 257 g/mol. The fraction of sp³-hybridized carbons (Fsp3) is 0.400. The molecule has 1 unspecified atom stereocenters. The van der Waals surface area contributed by atoms with Gasteiger partial charge in [0, 0.05) is 23.6 Å². The van der Waals surface area contributed by atoms with Gasteiger partial charge < -0.3 is 10.7 Å².